The average molecular weight is 347 g/mol. The Bertz CT molecular complexity index is 792. The van der Waals surface area contributed by atoms with Gasteiger partial charge in [0.05, 0.1) is 6.61 Å². The van der Waals surface area contributed by atoms with Crippen molar-refractivity contribution in [2.45, 2.75) is 6.42 Å². The molecule has 0 saturated heterocycles. The molecule has 3 aromatic carbocycles. The van der Waals surface area contributed by atoms with Gasteiger partial charge >= 0.3 is 7.05 Å². The molecule has 0 fully saturated rings. The number of hydrogen-bond acceptors (Lipinski definition) is 4. The first-order valence-corrected chi connectivity index (χ1v) is 8.64. The Morgan fingerprint density at radius 2 is 1.42 bits per heavy atom. The number of ether oxygens (including phenoxy) is 2. The van der Waals surface area contributed by atoms with Crippen molar-refractivity contribution in [1.82, 2.24) is 5.23 Å². The van der Waals surface area contributed by atoms with Gasteiger partial charge in [-0.1, -0.05) is 42.5 Å². The van der Waals surface area contributed by atoms with E-state index in [-0.39, 0.29) is 0 Å². The fourth-order valence-corrected chi connectivity index (χ4v) is 2.55. The van der Waals surface area contributed by atoms with Gasteiger partial charge in [-0.3, -0.25) is 0 Å². The largest absolute Gasteiger partial charge is 0.493 e. The van der Waals surface area contributed by atoms with Crippen molar-refractivity contribution in [3.63, 3.8) is 0 Å². The summed E-state index contributed by atoms with van der Waals surface area (Å²) in [5.41, 5.74) is 2.00. The van der Waals surface area contributed by atoms with Gasteiger partial charge in [-0.2, -0.15) is 0 Å². The van der Waals surface area contributed by atoms with Gasteiger partial charge in [-0.05, 0) is 54.5 Å². The maximum Gasteiger partial charge on any atom is 0.412 e. The minimum absolute atomic E-state index is 0.590. The van der Waals surface area contributed by atoms with Crippen LogP contribution < -0.4 is 20.2 Å². The van der Waals surface area contributed by atoms with Crippen LogP contribution in [0.2, 0.25) is 0 Å². The van der Waals surface area contributed by atoms with Crippen molar-refractivity contribution in [2.75, 3.05) is 13.7 Å². The van der Waals surface area contributed by atoms with E-state index in [0.717, 1.165) is 29.1 Å². The minimum Gasteiger partial charge on any atom is -0.493 e. The first kappa shape index (κ1) is 18.0. The third kappa shape index (κ3) is 5.12. The molecule has 132 valence electrons. The number of benzene rings is 3. The van der Waals surface area contributed by atoms with Crippen molar-refractivity contribution in [2.24, 2.45) is 0 Å². The lowest BCUT2D eigenvalue weighted by atomic mass is 9.75. The summed E-state index contributed by atoms with van der Waals surface area (Å²) in [6.07, 6.45) is 0.812. The van der Waals surface area contributed by atoms with Gasteiger partial charge < -0.3 is 19.7 Å². The van der Waals surface area contributed by atoms with Crippen molar-refractivity contribution >= 4 is 12.5 Å². The molecule has 0 aliphatic rings. The molecule has 2 N–H and O–H groups in total. The van der Waals surface area contributed by atoms with E-state index in [0.29, 0.717) is 6.61 Å². The average Bonchev–Trinajstić information content (AvgIpc) is 2.70. The molecule has 4 nitrogen and oxygen atoms in total. The van der Waals surface area contributed by atoms with Crippen LogP contribution in [0.3, 0.4) is 0 Å². The molecule has 0 aliphatic carbocycles. The van der Waals surface area contributed by atoms with Crippen molar-refractivity contribution in [3.8, 4) is 17.2 Å². The van der Waals surface area contributed by atoms with Crippen molar-refractivity contribution in [3.05, 3.63) is 84.4 Å². The van der Waals surface area contributed by atoms with Crippen LogP contribution in [0.15, 0.2) is 78.9 Å². The Morgan fingerprint density at radius 1 is 0.808 bits per heavy atom. The van der Waals surface area contributed by atoms with Crippen LogP contribution in [0.4, 0.5) is 0 Å². The fourth-order valence-electron chi connectivity index (χ4n) is 2.55. The first-order chi connectivity index (χ1) is 12.7. The quantitative estimate of drug-likeness (QED) is 0.615. The molecule has 3 rings (SSSR count). The number of rotatable bonds is 8. The molecule has 26 heavy (non-hydrogen) atoms. The smallest absolute Gasteiger partial charge is 0.412 e. The Labute approximate surface area is 154 Å². The van der Waals surface area contributed by atoms with Crippen LogP contribution in [-0.2, 0) is 6.42 Å². The Morgan fingerprint density at radius 3 is 2.08 bits per heavy atom. The summed E-state index contributed by atoms with van der Waals surface area (Å²) in [6.45, 7) is 0.590. The lowest BCUT2D eigenvalue weighted by Gasteiger charge is -2.09. The molecule has 0 aliphatic heterocycles. The SMILES string of the molecule is CNB(O)c1ccc(OCCc2ccc(Oc3ccccc3)cc2)cc1. The van der Waals surface area contributed by atoms with E-state index in [1.165, 1.54) is 5.56 Å². The molecule has 0 radical (unpaired) electrons. The highest BCUT2D eigenvalue weighted by molar-refractivity contribution is 6.63. The minimum atomic E-state index is -0.652. The molecule has 0 bridgehead atoms. The molecule has 0 heterocycles. The Hall–Kier alpha value is -2.76. The van der Waals surface area contributed by atoms with E-state index in [1.807, 2.05) is 78.9 Å². The first-order valence-electron chi connectivity index (χ1n) is 8.64. The maximum atomic E-state index is 9.70. The molecule has 0 spiro atoms. The van der Waals surface area contributed by atoms with Crippen LogP contribution in [-0.4, -0.2) is 25.7 Å². The van der Waals surface area contributed by atoms with E-state index >= 15 is 0 Å². The van der Waals surface area contributed by atoms with Gasteiger partial charge in [0.25, 0.3) is 0 Å². The highest BCUT2D eigenvalue weighted by atomic mass is 16.5. The molecule has 0 atom stereocenters. The zero-order valence-electron chi connectivity index (χ0n) is 14.8. The van der Waals surface area contributed by atoms with Gasteiger partial charge in [0.1, 0.15) is 17.2 Å². The standard InChI is InChI=1S/C21H22BNO3/c1-23-22(24)18-9-13-19(14-10-18)25-16-15-17-7-11-21(12-8-17)26-20-5-3-2-4-6-20/h2-14,23-24H,15-16H2,1H3. The third-order valence-corrected chi connectivity index (χ3v) is 4.03. The monoisotopic (exact) mass is 347 g/mol. The lowest BCUT2D eigenvalue weighted by Crippen LogP contribution is -2.42. The third-order valence-electron chi connectivity index (χ3n) is 4.03. The van der Waals surface area contributed by atoms with E-state index in [1.54, 1.807) is 7.05 Å². The number of nitrogens with one attached hydrogen (secondary N) is 1. The van der Waals surface area contributed by atoms with Gasteiger partial charge in [-0.25, -0.2) is 0 Å². The van der Waals surface area contributed by atoms with Gasteiger partial charge in [0.15, 0.2) is 0 Å². The normalized spacial score (nSPS) is 10.4. The van der Waals surface area contributed by atoms with E-state index in [4.69, 9.17) is 9.47 Å². The summed E-state index contributed by atoms with van der Waals surface area (Å²) in [4.78, 5) is 0. The van der Waals surface area contributed by atoms with Crippen LogP contribution in [0.25, 0.3) is 0 Å². The molecule has 3 aromatic rings. The second-order valence-electron chi connectivity index (χ2n) is 5.92. The highest BCUT2D eigenvalue weighted by Gasteiger charge is 2.10. The van der Waals surface area contributed by atoms with E-state index in [2.05, 4.69) is 5.23 Å². The number of para-hydroxylation sites is 1. The molecular formula is C21H22BNO3. The maximum absolute atomic E-state index is 9.70. The van der Waals surface area contributed by atoms with E-state index < -0.39 is 7.05 Å². The molecule has 0 unspecified atom stereocenters. The molecule has 0 amide bonds. The van der Waals surface area contributed by atoms with Crippen molar-refractivity contribution in [1.29, 1.82) is 0 Å². The molecular weight excluding hydrogens is 325 g/mol. The fraction of sp³-hybridized carbons (Fsp3) is 0.143. The number of hydrogen-bond donors (Lipinski definition) is 2. The second kappa shape index (κ2) is 9.08. The summed E-state index contributed by atoms with van der Waals surface area (Å²) in [5, 5.41) is 12.5. The van der Waals surface area contributed by atoms with Gasteiger partial charge in [0, 0.05) is 6.42 Å². The van der Waals surface area contributed by atoms with E-state index in [9.17, 15) is 5.02 Å². The van der Waals surface area contributed by atoms with Crippen LogP contribution in [0.5, 0.6) is 17.2 Å². The van der Waals surface area contributed by atoms with Crippen LogP contribution >= 0.6 is 0 Å². The van der Waals surface area contributed by atoms with Gasteiger partial charge in [0.2, 0.25) is 0 Å². The highest BCUT2D eigenvalue weighted by Crippen LogP contribution is 2.21. The predicted octanol–water partition coefficient (Wildman–Crippen LogP) is 3.01. The Balaban J connectivity index is 1.47. The summed E-state index contributed by atoms with van der Waals surface area (Å²) < 4.78 is 11.6. The zero-order chi connectivity index (χ0) is 18.2. The summed E-state index contributed by atoms with van der Waals surface area (Å²) in [5.74, 6) is 2.44. The second-order valence-corrected chi connectivity index (χ2v) is 5.92. The summed E-state index contributed by atoms with van der Waals surface area (Å²) in [7, 11) is 1.06. The van der Waals surface area contributed by atoms with Crippen LogP contribution in [0.1, 0.15) is 5.56 Å². The zero-order valence-corrected chi connectivity index (χ0v) is 14.8. The van der Waals surface area contributed by atoms with Gasteiger partial charge in [-0.15, -0.1) is 0 Å². The molecule has 0 aromatic heterocycles. The molecule has 5 heteroatoms. The topological polar surface area (TPSA) is 50.7 Å². The lowest BCUT2D eigenvalue weighted by molar-refractivity contribution is 0.322. The Kier molecular flexibility index (Phi) is 6.31. The predicted molar refractivity (Wildman–Crippen MR) is 105 cm³/mol. The summed E-state index contributed by atoms with van der Waals surface area (Å²) in [6, 6.07) is 25.2. The van der Waals surface area contributed by atoms with Crippen molar-refractivity contribution < 1.29 is 14.5 Å². The summed E-state index contributed by atoms with van der Waals surface area (Å²) >= 11 is 0. The van der Waals surface area contributed by atoms with Crippen LogP contribution in [0, 0.1) is 0 Å². The molecule has 0 saturated carbocycles.